The van der Waals surface area contributed by atoms with Gasteiger partial charge in [0.25, 0.3) is 0 Å². The van der Waals surface area contributed by atoms with Crippen LogP contribution in [0, 0.1) is 11.6 Å². The monoisotopic (exact) mass is 358 g/mol. The van der Waals surface area contributed by atoms with Crippen LogP contribution in [0.4, 0.5) is 8.78 Å². The molecule has 3 aromatic rings. The zero-order valence-electron chi connectivity index (χ0n) is 13.1. The minimum atomic E-state index is -0.905. The molecule has 1 fully saturated rings. The third-order valence-corrected chi connectivity index (χ3v) is 4.24. The average molecular weight is 359 g/mol. The molecule has 25 heavy (non-hydrogen) atoms. The van der Waals surface area contributed by atoms with E-state index in [0.717, 1.165) is 36.4 Å². The third-order valence-electron chi connectivity index (χ3n) is 4.04. The van der Waals surface area contributed by atoms with Crippen LogP contribution < -0.4 is 0 Å². The SMILES string of the molecule is Fc1ccc(-c2nc(C3CC3)ncc2Cc2ncc(Cl)cn2)cc1F. The second-order valence-corrected chi connectivity index (χ2v) is 6.44. The van der Waals surface area contributed by atoms with Crippen molar-refractivity contribution in [3.8, 4) is 11.3 Å². The molecule has 1 aromatic carbocycles. The highest BCUT2D eigenvalue weighted by atomic mass is 35.5. The molecule has 0 spiro atoms. The van der Waals surface area contributed by atoms with Crippen LogP contribution in [-0.4, -0.2) is 19.9 Å². The fourth-order valence-corrected chi connectivity index (χ4v) is 2.68. The van der Waals surface area contributed by atoms with Gasteiger partial charge in [0.05, 0.1) is 10.7 Å². The zero-order chi connectivity index (χ0) is 17.4. The molecule has 0 unspecified atom stereocenters. The van der Waals surface area contributed by atoms with E-state index in [2.05, 4.69) is 19.9 Å². The molecule has 1 aliphatic carbocycles. The normalized spacial score (nSPS) is 13.9. The van der Waals surface area contributed by atoms with Crippen molar-refractivity contribution < 1.29 is 8.78 Å². The van der Waals surface area contributed by atoms with Crippen molar-refractivity contribution in [2.75, 3.05) is 0 Å². The van der Waals surface area contributed by atoms with Gasteiger partial charge >= 0.3 is 0 Å². The number of benzene rings is 1. The molecule has 1 aliphatic rings. The molecule has 0 radical (unpaired) electrons. The Labute approximate surface area is 148 Å². The molecule has 0 amide bonds. The summed E-state index contributed by atoms with van der Waals surface area (Å²) in [6, 6.07) is 3.77. The van der Waals surface area contributed by atoms with Gasteiger partial charge in [-0.25, -0.2) is 28.7 Å². The van der Waals surface area contributed by atoms with Crippen LogP contribution in [0.2, 0.25) is 5.02 Å². The molecule has 0 saturated heterocycles. The number of hydrogen-bond acceptors (Lipinski definition) is 4. The molecule has 4 nitrogen and oxygen atoms in total. The minimum Gasteiger partial charge on any atom is -0.241 e. The minimum absolute atomic E-state index is 0.352. The van der Waals surface area contributed by atoms with Crippen molar-refractivity contribution in [3.63, 3.8) is 0 Å². The van der Waals surface area contributed by atoms with E-state index in [4.69, 9.17) is 11.6 Å². The van der Waals surface area contributed by atoms with Gasteiger partial charge in [-0.1, -0.05) is 11.6 Å². The van der Waals surface area contributed by atoms with Crippen LogP contribution in [0.15, 0.2) is 36.8 Å². The molecule has 2 heterocycles. The van der Waals surface area contributed by atoms with Crippen molar-refractivity contribution in [1.29, 1.82) is 0 Å². The molecule has 0 bridgehead atoms. The summed E-state index contributed by atoms with van der Waals surface area (Å²) in [7, 11) is 0. The molecule has 0 atom stereocenters. The lowest BCUT2D eigenvalue weighted by Crippen LogP contribution is -2.04. The van der Waals surface area contributed by atoms with Crippen LogP contribution in [0.3, 0.4) is 0 Å². The summed E-state index contributed by atoms with van der Waals surface area (Å²) < 4.78 is 27.0. The summed E-state index contributed by atoms with van der Waals surface area (Å²) >= 11 is 5.81. The van der Waals surface area contributed by atoms with Gasteiger partial charge in [0.15, 0.2) is 11.6 Å². The largest absolute Gasteiger partial charge is 0.241 e. The van der Waals surface area contributed by atoms with E-state index in [1.807, 2.05) is 0 Å². The molecule has 7 heteroatoms. The quantitative estimate of drug-likeness (QED) is 0.696. The van der Waals surface area contributed by atoms with Gasteiger partial charge in [0, 0.05) is 42.1 Å². The first kappa shape index (κ1) is 16.0. The number of aromatic nitrogens is 4. The van der Waals surface area contributed by atoms with Gasteiger partial charge in [0.1, 0.15) is 11.6 Å². The summed E-state index contributed by atoms with van der Waals surface area (Å²) in [5.74, 6) is -0.151. The molecular weight excluding hydrogens is 346 g/mol. The maximum absolute atomic E-state index is 13.7. The number of nitrogens with zero attached hydrogens (tertiary/aromatic N) is 4. The van der Waals surface area contributed by atoms with E-state index in [1.165, 1.54) is 18.5 Å². The van der Waals surface area contributed by atoms with Crippen molar-refractivity contribution in [2.24, 2.45) is 0 Å². The Morgan fingerprint density at radius 3 is 2.44 bits per heavy atom. The Hall–Kier alpha value is -2.47. The van der Waals surface area contributed by atoms with Crippen LogP contribution in [0.25, 0.3) is 11.3 Å². The van der Waals surface area contributed by atoms with Crippen LogP contribution in [0.1, 0.15) is 36.0 Å². The molecule has 1 saturated carbocycles. The first-order valence-corrected chi connectivity index (χ1v) is 8.25. The fraction of sp³-hybridized carbons (Fsp3) is 0.222. The van der Waals surface area contributed by atoms with Gasteiger partial charge in [-0.3, -0.25) is 0 Å². The van der Waals surface area contributed by atoms with Crippen molar-refractivity contribution >= 4 is 11.6 Å². The highest BCUT2D eigenvalue weighted by molar-refractivity contribution is 6.30. The lowest BCUT2D eigenvalue weighted by molar-refractivity contribution is 0.509. The third kappa shape index (κ3) is 3.49. The van der Waals surface area contributed by atoms with E-state index in [-0.39, 0.29) is 0 Å². The maximum Gasteiger partial charge on any atom is 0.159 e. The lowest BCUT2D eigenvalue weighted by Gasteiger charge is -2.10. The first-order chi connectivity index (χ1) is 12.1. The summed E-state index contributed by atoms with van der Waals surface area (Å²) in [4.78, 5) is 17.4. The maximum atomic E-state index is 13.7. The Morgan fingerprint density at radius 2 is 1.76 bits per heavy atom. The predicted octanol–water partition coefficient (Wildman–Crippen LogP) is 4.33. The van der Waals surface area contributed by atoms with Gasteiger partial charge < -0.3 is 0 Å². The molecule has 4 rings (SSSR count). The standard InChI is InChI=1S/C18H13ClF2N4/c19-13-8-22-16(23-9-13)6-12-7-24-18(10-1-2-10)25-17(12)11-3-4-14(20)15(21)5-11/h3-5,7-10H,1-2,6H2. The predicted molar refractivity (Wildman–Crippen MR) is 89.2 cm³/mol. The average Bonchev–Trinajstić information content (AvgIpc) is 3.45. The van der Waals surface area contributed by atoms with E-state index >= 15 is 0 Å². The lowest BCUT2D eigenvalue weighted by atomic mass is 10.0. The van der Waals surface area contributed by atoms with Crippen molar-refractivity contribution in [2.45, 2.75) is 25.2 Å². The Morgan fingerprint density at radius 1 is 1.00 bits per heavy atom. The Bertz CT molecular complexity index is 927. The van der Waals surface area contributed by atoms with E-state index in [9.17, 15) is 8.78 Å². The van der Waals surface area contributed by atoms with Gasteiger partial charge in [-0.2, -0.15) is 0 Å². The number of hydrogen-bond donors (Lipinski definition) is 0. The molecule has 126 valence electrons. The van der Waals surface area contributed by atoms with Crippen molar-refractivity contribution in [1.82, 2.24) is 19.9 Å². The summed E-state index contributed by atoms with van der Waals surface area (Å²) in [6.45, 7) is 0. The fourth-order valence-electron chi connectivity index (χ4n) is 2.58. The summed E-state index contributed by atoms with van der Waals surface area (Å²) in [6.07, 6.45) is 7.22. The van der Waals surface area contributed by atoms with Crippen LogP contribution in [0.5, 0.6) is 0 Å². The smallest absolute Gasteiger partial charge is 0.159 e. The highest BCUT2D eigenvalue weighted by Crippen LogP contribution is 2.39. The zero-order valence-corrected chi connectivity index (χ0v) is 13.8. The van der Waals surface area contributed by atoms with Gasteiger partial charge in [-0.05, 0) is 31.0 Å². The first-order valence-electron chi connectivity index (χ1n) is 7.88. The van der Waals surface area contributed by atoms with Gasteiger partial charge in [-0.15, -0.1) is 0 Å². The van der Waals surface area contributed by atoms with Gasteiger partial charge in [0.2, 0.25) is 0 Å². The second kappa shape index (κ2) is 6.44. The Balaban J connectivity index is 1.76. The van der Waals surface area contributed by atoms with E-state index in [0.29, 0.717) is 34.4 Å². The van der Waals surface area contributed by atoms with Crippen LogP contribution in [-0.2, 0) is 6.42 Å². The molecule has 2 aromatic heterocycles. The topological polar surface area (TPSA) is 51.6 Å². The van der Waals surface area contributed by atoms with Crippen LogP contribution >= 0.6 is 11.6 Å². The van der Waals surface area contributed by atoms with E-state index < -0.39 is 11.6 Å². The second-order valence-electron chi connectivity index (χ2n) is 6.00. The molecular formula is C18H13ClF2N4. The number of halogens is 3. The summed E-state index contributed by atoms with van der Waals surface area (Å²) in [5.41, 5.74) is 1.83. The van der Waals surface area contributed by atoms with Crippen molar-refractivity contribution in [3.05, 3.63) is 70.7 Å². The number of rotatable bonds is 4. The molecule has 0 aliphatic heterocycles. The molecule has 0 N–H and O–H groups in total. The summed E-state index contributed by atoms with van der Waals surface area (Å²) in [5, 5.41) is 0.449. The Kier molecular flexibility index (Phi) is 4.13. The highest BCUT2D eigenvalue weighted by Gasteiger charge is 2.27. The van der Waals surface area contributed by atoms with E-state index in [1.54, 1.807) is 6.20 Å².